The highest BCUT2D eigenvalue weighted by atomic mass is 35.5. The standard InChI is InChI=1S/C20H21Cl2N3O2/c1-14-10-17(22)8-9-18(14)27-19(2,3)20(26,11-25-13-23-12-24-25)15-4-6-16(21)7-5-15/h4-10,12-13,26H,11H2,1-3H3. The van der Waals surface area contributed by atoms with Crippen molar-refractivity contribution in [2.75, 3.05) is 0 Å². The number of aryl methyl sites for hydroxylation is 1. The molecule has 3 aromatic rings. The zero-order valence-corrected chi connectivity index (χ0v) is 16.9. The Balaban J connectivity index is 2.03. The van der Waals surface area contributed by atoms with Crippen LogP contribution in [0, 0.1) is 6.92 Å². The zero-order chi connectivity index (χ0) is 19.7. The van der Waals surface area contributed by atoms with Crippen LogP contribution in [-0.4, -0.2) is 25.5 Å². The van der Waals surface area contributed by atoms with E-state index in [2.05, 4.69) is 10.1 Å². The molecule has 3 rings (SSSR count). The molecule has 1 N–H and O–H groups in total. The summed E-state index contributed by atoms with van der Waals surface area (Å²) in [5, 5.41) is 17.2. The Hall–Kier alpha value is -2.08. The lowest BCUT2D eigenvalue weighted by molar-refractivity contribution is -0.133. The number of aliphatic hydroxyl groups is 1. The van der Waals surface area contributed by atoms with Crippen molar-refractivity contribution in [2.24, 2.45) is 0 Å². The average Bonchev–Trinajstić information content (AvgIpc) is 3.10. The molecule has 1 unspecified atom stereocenters. The molecule has 0 aliphatic heterocycles. The third-order valence-electron chi connectivity index (χ3n) is 4.68. The first kappa shape index (κ1) is 19.7. The molecule has 0 amide bonds. The minimum absolute atomic E-state index is 0.161. The second kappa shape index (κ2) is 7.50. The van der Waals surface area contributed by atoms with Gasteiger partial charge in [0, 0.05) is 10.0 Å². The molecule has 0 fully saturated rings. The molecule has 1 atom stereocenters. The summed E-state index contributed by atoms with van der Waals surface area (Å²) in [5.41, 5.74) is -0.864. The number of nitrogens with zero attached hydrogens (tertiary/aromatic N) is 3. The fourth-order valence-electron chi connectivity index (χ4n) is 2.99. The summed E-state index contributed by atoms with van der Waals surface area (Å²) in [4.78, 5) is 3.97. The molecule has 142 valence electrons. The van der Waals surface area contributed by atoms with Crippen LogP contribution in [0.15, 0.2) is 55.1 Å². The van der Waals surface area contributed by atoms with Gasteiger partial charge in [0.1, 0.15) is 29.6 Å². The molecule has 0 bridgehead atoms. The van der Waals surface area contributed by atoms with Crippen LogP contribution in [0.25, 0.3) is 0 Å². The molecule has 0 aliphatic carbocycles. The maximum atomic E-state index is 11.8. The van der Waals surface area contributed by atoms with Gasteiger partial charge in [-0.05, 0) is 62.2 Å². The fourth-order valence-corrected chi connectivity index (χ4v) is 3.34. The maximum Gasteiger partial charge on any atom is 0.148 e. The number of ether oxygens (including phenoxy) is 1. The van der Waals surface area contributed by atoms with Gasteiger partial charge >= 0.3 is 0 Å². The van der Waals surface area contributed by atoms with Crippen molar-refractivity contribution in [1.82, 2.24) is 14.8 Å². The van der Waals surface area contributed by atoms with Gasteiger partial charge in [0.05, 0.1) is 6.54 Å². The SMILES string of the molecule is Cc1cc(Cl)ccc1OC(C)(C)C(O)(Cn1cncn1)c1ccc(Cl)cc1. The molecular weight excluding hydrogens is 385 g/mol. The van der Waals surface area contributed by atoms with Gasteiger partial charge in [-0.25, -0.2) is 9.67 Å². The molecule has 0 spiro atoms. The third kappa shape index (κ3) is 4.10. The summed E-state index contributed by atoms with van der Waals surface area (Å²) < 4.78 is 7.86. The number of hydrogen-bond donors (Lipinski definition) is 1. The minimum atomic E-state index is -1.41. The predicted octanol–water partition coefficient (Wildman–Crippen LogP) is 4.64. The number of aromatic nitrogens is 3. The molecule has 0 saturated heterocycles. The number of halogens is 2. The van der Waals surface area contributed by atoms with Crippen molar-refractivity contribution in [3.63, 3.8) is 0 Å². The number of rotatable bonds is 6. The molecule has 2 aromatic carbocycles. The largest absolute Gasteiger partial charge is 0.484 e. The van der Waals surface area contributed by atoms with E-state index < -0.39 is 11.2 Å². The molecule has 0 aliphatic rings. The van der Waals surface area contributed by atoms with E-state index in [1.807, 2.05) is 26.8 Å². The van der Waals surface area contributed by atoms with Crippen molar-refractivity contribution in [3.05, 3.63) is 76.3 Å². The van der Waals surface area contributed by atoms with Crippen molar-refractivity contribution in [3.8, 4) is 5.75 Å². The van der Waals surface area contributed by atoms with Crippen molar-refractivity contribution in [1.29, 1.82) is 0 Å². The number of hydrogen-bond acceptors (Lipinski definition) is 4. The molecule has 1 heterocycles. The summed E-state index contributed by atoms with van der Waals surface area (Å²) in [6.45, 7) is 5.75. The molecule has 0 radical (unpaired) electrons. The van der Waals surface area contributed by atoms with Crippen LogP contribution < -0.4 is 4.74 Å². The van der Waals surface area contributed by atoms with Crippen LogP contribution in [0.5, 0.6) is 5.75 Å². The van der Waals surface area contributed by atoms with Gasteiger partial charge in [0.2, 0.25) is 0 Å². The Morgan fingerprint density at radius 1 is 1.07 bits per heavy atom. The third-order valence-corrected chi connectivity index (χ3v) is 5.16. The minimum Gasteiger partial charge on any atom is -0.484 e. The van der Waals surface area contributed by atoms with E-state index in [9.17, 15) is 5.11 Å². The van der Waals surface area contributed by atoms with Crippen LogP contribution in [0.4, 0.5) is 0 Å². The van der Waals surface area contributed by atoms with E-state index in [0.29, 0.717) is 21.4 Å². The Bertz CT molecular complexity index is 911. The van der Waals surface area contributed by atoms with E-state index >= 15 is 0 Å². The van der Waals surface area contributed by atoms with E-state index in [1.54, 1.807) is 47.4 Å². The Kier molecular flexibility index (Phi) is 5.47. The van der Waals surface area contributed by atoms with E-state index in [1.165, 1.54) is 6.33 Å². The highest BCUT2D eigenvalue weighted by Gasteiger charge is 2.48. The lowest BCUT2D eigenvalue weighted by Crippen LogP contribution is -2.54. The van der Waals surface area contributed by atoms with Gasteiger partial charge in [-0.1, -0.05) is 35.3 Å². The van der Waals surface area contributed by atoms with Gasteiger partial charge in [0.25, 0.3) is 0 Å². The lowest BCUT2D eigenvalue weighted by atomic mass is 9.79. The Morgan fingerprint density at radius 2 is 1.74 bits per heavy atom. The average molecular weight is 406 g/mol. The Morgan fingerprint density at radius 3 is 2.33 bits per heavy atom. The molecule has 7 heteroatoms. The van der Waals surface area contributed by atoms with Crippen molar-refractivity contribution < 1.29 is 9.84 Å². The van der Waals surface area contributed by atoms with E-state index in [0.717, 1.165) is 5.56 Å². The molecule has 1 aromatic heterocycles. The predicted molar refractivity (Wildman–Crippen MR) is 106 cm³/mol. The van der Waals surface area contributed by atoms with Crippen molar-refractivity contribution >= 4 is 23.2 Å². The van der Waals surface area contributed by atoms with E-state index in [-0.39, 0.29) is 6.54 Å². The summed E-state index contributed by atoms with van der Waals surface area (Å²) in [6.07, 6.45) is 2.99. The van der Waals surface area contributed by atoms with Crippen LogP contribution >= 0.6 is 23.2 Å². The first-order valence-electron chi connectivity index (χ1n) is 8.47. The quantitative estimate of drug-likeness (QED) is 0.648. The zero-order valence-electron chi connectivity index (χ0n) is 15.4. The van der Waals surface area contributed by atoms with Crippen LogP contribution in [0.2, 0.25) is 10.0 Å². The monoisotopic (exact) mass is 405 g/mol. The smallest absolute Gasteiger partial charge is 0.148 e. The summed E-state index contributed by atoms with van der Waals surface area (Å²) in [5.74, 6) is 0.648. The van der Waals surface area contributed by atoms with Crippen molar-refractivity contribution in [2.45, 2.75) is 38.5 Å². The summed E-state index contributed by atoms with van der Waals surface area (Å²) in [7, 11) is 0. The normalized spacial score (nSPS) is 14.0. The Labute approximate surface area is 168 Å². The highest BCUT2D eigenvalue weighted by Crippen LogP contribution is 2.39. The second-order valence-electron chi connectivity index (χ2n) is 6.98. The summed E-state index contributed by atoms with van der Waals surface area (Å²) in [6, 6.07) is 12.5. The van der Waals surface area contributed by atoms with Gasteiger partial charge in [-0.3, -0.25) is 0 Å². The second-order valence-corrected chi connectivity index (χ2v) is 7.86. The van der Waals surface area contributed by atoms with Gasteiger partial charge in [0.15, 0.2) is 0 Å². The molecular formula is C20H21Cl2N3O2. The van der Waals surface area contributed by atoms with E-state index in [4.69, 9.17) is 27.9 Å². The first-order valence-corrected chi connectivity index (χ1v) is 9.23. The fraction of sp³-hybridized carbons (Fsp3) is 0.300. The summed E-state index contributed by atoms with van der Waals surface area (Å²) >= 11 is 12.1. The maximum absolute atomic E-state index is 11.8. The van der Waals surface area contributed by atoms with Crippen LogP contribution in [0.1, 0.15) is 25.0 Å². The highest BCUT2D eigenvalue weighted by molar-refractivity contribution is 6.30. The van der Waals surface area contributed by atoms with Crippen LogP contribution in [0.3, 0.4) is 0 Å². The van der Waals surface area contributed by atoms with Gasteiger partial charge < -0.3 is 9.84 Å². The molecule has 0 saturated carbocycles. The topological polar surface area (TPSA) is 60.2 Å². The van der Waals surface area contributed by atoms with Gasteiger partial charge in [-0.2, -0.15) is 5.10 Å². The number of benzene rings is 2. The van der Waals surface area contributed by atoms with Gasteiger partial charge in [-0.15, -0.1) is 0 Å². The lowest BCUT2D eigenvalue weighted by Gasteiger charge is -2.43. The first-order chi connectivity index (χ1) is 12.7. The molecule has 27 heavy (non-hydrogen) atoms. The molecule has 5 nitrogen and oxygen atoms in total. The van der Waals surface area contributed by atoms with Crippen LogP contribution in [-0.2, 0) is 12.1 Å².